The number of rotatable bonds is 4. The minimum atomic E-state index is 0.0413. The van der Waals surface area contributed by atoms with Crippen LogP contribution in [0.4, 0.5) is 0 Å². The lowest BCUT2D eigenvalue weighted by Crippen LogP contribution is -2.40. The summed E-state index contributed by atoms with van der Waals surface area (Å²) in [6.07, 6.45) is 3.00. The summed E-state index contributed by atoms with van der Waals surface area (Å²) >= 11 is 0. The molecule has 1 amide bonds. The number of fused-ring (bicyclic) bond motifs is 1. The van der Waals surface area contributed by atoms with Crippen molar-refractivity contribution in [3.63, 3.8) is 0 Å². The van der Waals surface area contributed by atoms with Gasteiger partial charge in [-0.25, -0.2) is 0 Å². The third kappa shape index (κ3) is 4.52. The number of morpholine rings is 1. The normalized spacial score (nSPS) is 20.0. The first-order valence-corrected chi connectivity index (χ1v) is 11.9. The molecule has 1 aromatic carbocycles. The first kappa shape index (κ1) is 22.0. The van der Waals surface area contributed by atoms with Gasteiger partial charge in [0.2, 0.25) is 0 Å². The molecule has 5 rings (SSSR count). The molecule has 0 spiro atoms. The van der Waals surface area contributed by atoms with E-state index in [4.69, 9.17) is 9.72 Å². The van der Waals surface area contributed by atoms with E-state index >= 15 is 0 Å². The second-order valence-electron chi connectivity index (χ2n) is 10.3. The van der Waals surface area contributed by atoms with Crippen LogP contribution in [0, 0.1) is 0 Å². The van der Waals surface area contributed by atoms with E-state index in [1.165, 1.54) is 11.3 Å². The summed E-state index contributed by atoms with van der Waals surface area (Å²) in [5.41, 5.74) is 5.19. The van der Waals surface area contributed by atoms with E-state index in [1.807, 2.05) is 41.4 Å². The third-order valence-corrected chi connectivity index (χ3v) is 6.82. The summed E-state index contributed by atoms with van der Waals surface area (Å²) in [4.78, 5) is 22.8. The number of carbonyl (C=O) groups excluding carboxylic acids is 1. The molecule has 7 nitrogen and oxygen atoms in total. The summed E-state index contributed by atoms with van der Waals surface area (Å²) in [6.45, 7) is 12.0. The molecule has 3 aromatic rings. The molecule has 0 radical (unpaired) electrons. The maximum Gasteiger partial charge on any atom is 0.254 e. The number of pyridine rings is 1. The van der Waals surface area contributed by atoms with Crippen molar-refractivity contribution in [3.8, 4) is 0 Å². The highest BCUT2D eigenvalue weighted by atomic mass is 16.5. The molecule has 2 aliphatic rings. The van der Waals surface area contributed by atoms with Gasteiger partial charge in [-0.2, -0.15) is 5.10 Å². The van der Waals surface area contributed by atoms with E-state index in [9.17, 15) is 4.79 Å². The van der Waals surface area contributed by atoms with Crippen LogP contribution in [0.15, 0.2) is 36.5 Å². The van der Waals surface area contributed by atoms with E-state index in [0.717, 1.165) is 48.2 Å². The van der Waals surface area contributed by atoms with Crippen molar-refractivity contribution in [2.75, 3.05) is 39.4 Å². The van der Waals surface area contributed by atoms with Crippen LogP contribution in [-0.2, 0) is 16.7 Å². The van der Waals surface area contributed by atoms with Gasteiger partial charge in [0.15, 0.2) is 0 Å². The van der Waals surface area contributed by atoms with Gasteiger partial charge in [-0.1, -0.05) is 39.0 Å². The maximum absolute atomic E-state index is 13.4. The summed E-state index contributed by atoms with van der Waals surface area (Å²) in [5, 5.41) is 8.43. The van der Waals surface area contributed by atoms with Crippen LogP contribution in [0.1, 0.15) is 60.4 Å². The predicted molar refractivity (Wildman–Crippen MR) is 128 cm³/mol. The number of H-pyrrole nitrogens is 1. The molecule has 7 heteroatoms. The van der Waals surface area contributed by atoms with E-state index in [1.54, 1.807) is 0 Å². The largest absolute Gasteiger partial charge is 0.378 e. The number of nitrogens with one attached hydrogen (secondary N) is 1. The summed E-state index contributed by atoms with van der Waals surface area (Å²) in [5.74, 6) is 0.400. The fourth-order valence-corrected chi connectivity index (χ4v) is 5.06. The molecular weight excluding hydrogens is 414 g/mol. The highest BCUT2D eigenvalue weighted by molar-refractivity contribution is 6.06. The Kier molecular flexibility index (Phi) is 5.93. The average Bonchev–Trinajstić information content (AvgIpc) is 3.48. The molecule has 4 heterocycles. The van der Waals surface area contributed by atoms with Gasteiger partial charge in [0, 0.05) is 59.8 Å². The number of ether oxygens (including phenoxy) is 1. The van der Waals surface area contributed by atoms with Gasteiger partial charge in [-0.3, -0.25) is 19.8 Å². The fourth-order valence-electron chi connectivity index (χ4n) is 5.06. The van der Waals surface area contributed by atoms with Crippen LogP contribution < -0.4 is 0 Å². The Labute approximate surface area is 195 Å². The van der Waals surface area contributed by atoms with Crippen molar-refractivity contribution < 1.29 is 9.53 Å². The van der Waals surface area contributed by atoms with Crippen LogP contribution in [-0.4, -0.2) is 70.3 Å². The molecule has 1 atom stereocenters. The van der Waals surface area contributed by atoms with Crippen LogP contribution in [0.5, 0.6) is 0 Å². The molecule has 33 heavy (non-hydrogen) atoms. The molecule has 0 saturated carbocycles. The van der Waals surface area contributed by atoms with E-state index in [-0.39, 0.29) is 11.3 Å². The topological polar surface area (TPSA) is 74.4 Å². The second-order valence-corrected chi connectivity index (χ2v) is 10.3. The van der Waals surface area contributed by atoms with Gasteiger partial charge >= 0.3 is 0 Å². The molecule has 2 fully saturated rings. The van der Waals surface area contributed by atoms with E-state index < -0.39 is 0 Å². The van der Waals surface area contributed by atoms with Gasteiger partial charge in [-0.15, -0.1) is 0 Å². The number of benzene rings is 1. The molecule has 2 saturated heterocycles. The molecule has 2 aromatic heterocycles. The number of para-hydroxylation sites is 1. The third-order valence-electron chi connectivity index (χ3n) is 6.82. The lowest BCUT2D eigenvalue weighted by atomic mass is 9.89. The monoisotopic (exact) mass is 447 g/mol. The lowest BCUT2D eigenvalue weighted by molar-refractivity contribution is 0.0304. The first-order valence-electron chi connectivity index (χ1n) is 11.9. The average molecular weight is 448 g/mol. The number of hydrogen-bond acceptors (Lipinski definition) is 5. The van der Waals surface area contributed by atoms with Crippen LogP contribution in [0.3, 0.4) is 0 Å². The van der Waals surface area contributed by atoms with Crippen LogP contribution in [0.25, 0.3) is 10.9 Å². The van der Waals surface area contributed by atoms with Gasteiger partial charge in [0.25, 0.3) is 5.91 Å². The summed E-state index contributed by atoms with van der Waals surface area (Å²) in [6, 6.07) is 10.0. The number of aromatic amines is 1. The molecule has 0 aliphatic carbocycles. The number of carbonyl (C=O) groups is 1. The minimum Gasteiger partial charge on any atom is -0.378 e. The van der Waals surface area contributed by atoms with Gasteiger partial charge in [-0.05, 0) is 25.1 Å². The molecule has 0 bridgehead atoms. The standard InChI is InChI=1S/C26H33N5O2/c1-26(2,3)24-19(15-27-29-24)17-30-9-8-18(16-30)23-14-21(20-6-4-5-7-22(20)28-23)25(32)31-10-12-33-13-11-31/h4-7,14-15,18H,8-13,16-17H2,1-3H3,(H,27,29)/t18-/m0/s1. The minimum absolute atomic E-state index is 0.0413. The molecule has 174 valence electrons. The Morgan fingerprint density at radius 1 is 1.18 bits per heavy atom. The number of amides is 1. The van der Waals surface area contributed by atoms with Crippen LogP contribution >= 0.6 is 0 Å². The Morgan fingerprint density at radius 2 is 1.97 bits per heavy atom. The lowest BCUT2D eigenvalue weighted by Gasteiger charge is -2.27. The SMILES string of the molecule is CC(C)(C)c1[nH]ncc1CN1CC[C@H](c2cc(C(=O)N3CCOCC3)c3ccccc3n2)C1. The summed E-state index contributed by atoms with van der Waals surface area (Å²) in [7, 11) is 0. The molecule has 1 N–H and O–H groups in total. The zero-order chi connectivity index (χ0) is 23.0. The Morgan fingerprint density at radius 3 is 2.76 bits per heavy atom. The number of aromatic nitrogens is 3. The predicted octanol–water partition coefficient (Wildman–Crippen LogP) is 3.72. The number of hydrogen-bond donors (Lipinski definition) is 1. The molecule has 0 unspecified atom stereocenters. The van der Waals surface area contributed by atoms with E-state index in [0.29, 0.717) is 32.2 Å². The van der Waals surface area contributed by atoms with Crippen molar-refractivity contribution in [2.45, 2.75) is 45.1 Å². The fraction of sp³-hybridized carbons (Fsp3) is 0.500. The van der Waals surface area contributed by atoms with Crippen molar-refractivity contribution in [1.29, 1.82) is 0 Å². The highest BCUT2D eigenvalue weighted by Gasteiger charge is 2.29. The van der Waals surface area contributed by atoms with E-state index in [2.05, 4.69) is 35.9 Å². The van der Waals surface area contributed by atoms with Gasteiger partial charge < -0.3 is 9.64 Å². The number of nitrogens with zero attached hydrogens (tertiary/aromatic N) is 4. The zero-order valence-electron chi connectivity index (χ0n) is 19.8. The van der Waals surface area contributed by atoms with Gasteiger partial charge in [0.1, 0.15) is 0 Å². The highest BCUT2D eigenvalue weighted by Crippen LogP contribution is 2.32. The zero-order valence-corrected chi connectivity index (χ0v) is 19.8. The van der Waals surface area contributed by atoms with Crippen LogP contribution in [0.2, 0.25) is 0 Å². The Hall–Kier alpha value is -2.77. The van der Waals surface area contributed by atoms with Crippen molar-refractivity contribution in [2.24, 2.45) is 0 Å². The Bertz CT molecular complexity index is 1140. The van der Waals surface area contributed by atoms with Crippen molar-refractivity contribution >= 4 is 16.8 Å². The van der Waals surface area contributed by atoms with Crippen molar-refractivity contribution in [1.82, 2.24) is 25.0 Å². The molecule has 2 aliphatic heterocycles. The quantitative estimate of drug-likeness (QED) is 0.660. The maximum atomic E-state index is 13.4. The molecular formula is C26H33N5O2. The number of likely N-dealkylation sites (tertiary alicyclic amines) is 1. The second kappa shape index (κ2) is 8.88. The first-order chi connectivity index (χ1) is 15.9. The smallest absolute Gasteiger partial charge is 0.254 e. The van der Waals surface area contributed by atoms with Gasteiger partial charge in [0.05, 0.1) is 30.5 Å². The van der Waals surface area contributed by atoms with Crippen molar-refractivity contribution in [3.05, 3.63) is 59.0 Å². The summed E-state index contributed by atoms with van der Waals surface area (Å²) < 4.78 is 5.44. The Balaban J connectivity index is 1.39.